The first kappa shape index (κ1) is 20.4. The Hall–Kier alpha value is -3.86. The highest BCUT2D eigenvalue weighted by atomic mass is 16.5. The van der Waals surface area contributed by atoms with Gasteiger partial charge in [0.05, 0.1) is 10.9 Å². The van der Waals surface area contributed by atoms with Crippen LogP contribution < -0.4 is 10.4 Å². The van der Waals surface area contributed by atoms with Crippen molar-refractivity contribution in [1.82, 2.24) is 0 Å². The lowest BCUT2D eigenvalue weighted by Gasteiger charge is -2.17. The molecule has 0 bridgehead atoms. The van der Waals surface area contributed by atoms with Crippen molar-refractivity contribution in [1.29, 1.82) is 0 Å². The first-order valence-corrected chi connectivity index (χ1v) is 10.0. The second-order valence-electron chi connectivity index (χ2n) is 7.45. The summed E-state index contributed by atoms with van der Waals surface area (Å²) in [5, 5.41) is 11.4. The molecule has 31 heavy (non-hydrogen) atoms. The van der Waals surface area contributed by atoms with Crippen LogP contribution in [-0.2, 0) is 11.4 Å². The number of aromatic hydroxyl groups is 1. The summed E-state index contributed by atoms with van der Waals surface area (Å²) < 4.78 is 11.3. The van der Waals surface area contributed by atoms with E-state index >= 15 is 0 Å². The van der Waals surface area contributed by atoms with E-state index in [0.29, 0.717) is 17.7 Å². The molecule has 0 saturated carbocycles. The maximum Gasteiger partial charge on any atom is 0.343 e. The van der Waals surface area contributed by atoms with Crippen LogP contribution in [0.2, 0.25) is 0 Å². The van der Waals surface area contributed by atoms with Crippen LogP contribution in [0.3, 0.4) is 0 Å². The van der Waals surface area contributed by atoms with Crippen molar-refractivity contribution in [3.63, 3.8) is 0 Å². The van der Waals surface area contributed by atoms with Gasteiger partial charge >= 0.3 is 5.63 Å². The Bertz CT molecular complexity index is 1260. The average Bonchev–Trinajstić information content (AvgIpc) is 2.78. The van der Waals surface area contributed by atoms with Crippen molar-refractivity contribution in [2.75, 3.05) is 0 Å². The summed E-state index contributed by atoms with van der Waals surface area (Å²) in [4.78, 5) is 24.7. The Morgan fingerprint density at radius 2 is 1.68 bits per heavy atom. The van der Waals surface area contributed by atoms with Gasteiger partial charge in [-0.25, -0.2) is 4.79 Å². The van der Waals surface area contributed by atoms with Gasteiger partial charge in [0, 0.05) is 12.3 Å². The van der Waals surface area contributed by atoms with E-state index < -0.39 is 11.5 Å². The Morgan fingerprint density at radius 3 is 2.35 bits per heavy atom. The zero-order valence-electron chi connectivity index (χ0n) is 17.1. The van der Waals surface area contributed by atoms with Crippen LogP contribution in [-0.4, -0.2) is 10.9 Å². The molecule has 0 saturated heterocycles. The third-order valence-electron chi connectivity index (χ3n) is 5.17. The van der Waals surface area contributed by atoms with E-state index in [1.165, 1.54) is 6.92 Å². The SMILES string of the molecule is CC(=O)C[C@@H](c1ccccc1)c1c(O)c2cc(OCc3ccccc3)ccc2oc1=O. The summed E-state index contributed by atoms with van der Waals surface area (Å²) in [5.74, 6) is -0.346. The molecule has 1 atom stereocenters. The Labute approximate surface area is 179 Å². The largest absolute Gasteiger partial charge is 0.507 e. The summed E-state index contributed by atoms with van der Waals surface area (Å²) >= 11 is 0. The van der Waals surface area contributed by atoms with Crippen molar-refractivity contribution >= 4 is 16.8 Å². The third kappa shape index (κ3) is 4.51. The molecule has 156 valence electrons. The van der Waals surface area contributed by atoms with Gasteiger partial charge in [-0.2, -0.15) is 0 Å². The highest BCUT2D eigenvalue weighted by Crippen LogP contribution is 2.37. The summed E-state index contributed by atoms with van der Waals surface area (Å²) in [5.41, 5.74) is 1.45. The maximum absolute atomic E-state index is 12.8. The number of carbonyl (C=O) groups excluding carboxylic acids is 1. The van der Waals surface area contributed by atoms with Gasteiger partial charge in [0.1, 0.15) is 29.5 Å². The number of carbonyl (C=O) groups is 1. The summed E-state index contributed by atoms with van der Waals surface area (Å²) in [6, 6.07) is 23.8. The molecule has 4 rings (SSSR count). The van der Waals surface area contributed by atoms with E-state index in [4.69, 9.17) is 9.15 Å². The van der Waals surface area contributed by atoms with E-state index in [0.717, 1.165) is 11.1 Å². The quantitative estimate of drug-likeness (QED) is 0.421. The number of fused-ring (bicyclic) bond motifs is 1. The van der Waals surface area contributed by atoms with Gasteiger partial charge < -0.3 is 14.3 Å². The molecule has 0 amide bonds. The first-order valence-electron chi connectivity index (χ1n) is 10.0. The first-order chi connectivity index (χ1) is 15.0. The predicted octanol–water partition coefficient (Wildman–Crippen LogP) is 5.19. The molecule has 0 unspecified atom stereocenters. The molecule has 0 fully saturated rings. The lowest BCUT2D eigenvalue weighted by Crippen LogP contribution is -2.16. The Kier molecular flexibility index (Phi) is 5.85. The minimum absolute atomic E-state index is 0.0779. The number of hydrogen-bond donors (Lipinski definition) is 1. The number of benzene rings is 3. The van der Waals surface area contributed by atoms with Gasteiger partial charge in [-0.3, -0.25) is 4.79 Å². The lowest BCUT2D eigenvalue weighted by atomic mass is 9.87. The molecule has 0 spiro atoms. The highest BCUT2D eigenvalue weighted by Gasteiger charge is 2.26. The fourth-order valence-electron chi connectivity index (χ4n) is 3.68. The van der Waals surface area contributed by atoms with E-state index in [1.54, 1.807) is 18.2 Å². The minimum Gasteiger partial charge on any atom is -0.507 e. The minimum atomic E-state index is -0.655. The van der Waals surface area contributed by atoms with E-state index in [2.05, 4.69) is 0 Å². The molecular formula is C26H22O5. The predicted molar refractivity (Wildman–Crippen MR) is 119 cm³/mol. The fraction of sp³-hybridized carbons (Fsp3) is 0.154. The molecule has 1 heterocycles. The molecule has 0 aliphatic heterocycles. The van der Waals surface area contributed by atoms with Crippen molar-refractivity contribution in [3.8, 4) is 11.5 Å². The molecular weight excluding hydrogens is 392 g/mol. The van der Waals surface area contributed by atoms with E-state index in [9.17, 15) is 14.7 Å². The standard InChI is InChI=1S/C26H22O5/c1-17(27)14-21(19-10-6-3-7-11-19)24-25(28)22-15-20(12-13-23(22)31-26(24)29)30-16-18-8-4-2-5-9-18/h2-13,15,21,28H,14,16H2,1H3/t21-/m0/s1. The van der Waals surface area contributed by atoms with Gasteiger partial charge in [0.2, 0.25) is 0 Å². The van der Waals surface area contributed by atoms with Crippen LogP contribution in [0, 0.1) is 0 Å². The Morgan fingerprint density at radius 1 is 1.00 bits per heavy atom. The molecule has 1 N–H and O–H groups in total. The average molecular weight is 414 g/mol. The zero-order valence-corrected chi connectivity index (χ0v) is 17.1. The van der Waals surface area contributed by atoms with Crippen molar-refractivity contribution in [2.45, 2.75) is 25.9 Å². The molecule has 1 aromatic heterocycles. The second-order valence-corrected chi connectivity index (χ2v) is 7.45. The summed E-state index contributed by atoms with van der Waals surface area (Å²) in [7, 11) is 0. The van der Waals surface area contributed by atoms with E-state index in [-0.39, 0.29) is 29.1 Å². The molecule has 3 aromatic carbocycles. The van der Waals surface area contributed by atoms with Gasteiger partial charge in [0.25, 0.3) is 0 Å². The number of ether oxygens (including phenoxy) is 1. The number of hydrogen-bond acceptors (Lipinski definition) is 5. The normalized spacial score (nSPS) is 11.9. The van der Waals surface area contributed by atoms with Gasteiger partial charge in [-0.1, -0.05) is 60.7 Å². The van der Waals surface area contributed by atoms with Crippen LogP contribution in [0.15, 0.2) is 88.1 Å². The smallest absolute Gasteiger partial charge is 0.343 e. The van der Waals surface area contributed by atoms with Crippen LogP contribution >= 0.6 is 0 Å². The van der Waals surface area contributed by atoms with Crippen LogP contribution in [0.5, 0.6) is 11.5 Å². The van der Waals surface area contributed by atoms with E-state index in [1.807, 2.05) is 60.7 Å². The fourth-order valence-corrected chi connectivity index (χ4v) is 3.68. The van der Waals surface area contributed by atoms with Crippen LogP contribution in [0.25, 0.3) is 11.0 Å². The Balaban J connectivity index is 1.76. The third-order valence-corrected chi connectivity index (χ3v) is 5.17. The van der Waals surface area contributed by atoms with Crippen molar-refractivity contribution in [2.24, 2.45) is 0 Å². The number of Topliss-reactive ketones (excluding diaryl/α,β-unsaturated/α-hetero) is 1. The number of rotatable bonds is 7. The van der Waals surface area contributed by atoms with Gasteiger partial charge in [-0.15, -0.1) is 0 Å². The highest BCUT2D eigenvalue weighted by molar-refractivity contribution is 5.86. The monoisotopic (exact) mass is 414 g/mol. The van der Waals surface area contributed by atoms with Crippen molar-refractivity contribution < 1.29 is 19.1 Å². The summed E-state index contributed by atoms with van der Waals surface area (Å²) in [6.45, 7) is 1.83. The molecule has 4 aromatic rings. The molecule has 5 nitrogen and oxygen atoms in total. The number of ketones is 1. The van der Waals surface area contributed by atoms with Crippen molar-refractivity contribution in [3.05, 3.63) is 106 Å². The van der Waals surface area contributed by atoms with Crippen LogP contribution in [0.1, 0.15) is 36.0 Å². The molecule has 5 heteroatoms. The molecule has 0 aliphatic rings. The topological polar surface area (TPSA) is 76.7 Å². The van der Waals surface area contributed by atoms with Gasteiger partial charge in [-0.05, 0) is 36.2 Å². The van der Waals surface area contributed by atoms with Gasteiger partial charge in [0.15, 0.2) is 0 Å². The second kappa shape index (κ2) is 8.88. The zero-order chi connectivity index (χ0) is 21.8. The molecule has 0 radical (unpaired) electrons. The summed E-state index contributed by atoms with van der Waals surface area (Å²) in [6.07, 6.45) is 0.0814. The lowest BCUT2D eigenvalue weighted by molar-refractivity contribution is -0.117. The van der Waals surface area contributed by atoms with Crippen LogP contribution in [0.4, 0.5) is 0 Å². The molecule has 0 aliphatic carbocycles. The maximum atomic E-state index is 12.8.